The van der Waals surface area contributed by atoms with Gasteiger partial charge in [0, 0.05) is 32.3 Å². The van der Waals surface area contributed by atoms with Gasteiger partial charge in [0.25, 0.3) is 0 Å². The minimum Gasteiger partial charge on any atom is -0.388 e. The molecule has 1 amide bonds. The fourth-order valence-electron chi connectivity index (χ4n) is 3.51. The summed E-state index contributed by atoms with van der Waals surface area (Å²) in [4.78, 5) is 14.4. The number of aliphatic hydroxyl groups excluding tert-OH is 1. The largest absolute Gasteiger partial charge is 0.388 e. The molecule has 0 saturated heterocycles. The fraction of sp³-hybridized carbons (Fsp3) is 0.588. The molecule has 1 heterocycles. The Bertz CT molecular complexity index is 534. The molecule has 5 heteroatoms. The van der Waals surface area contributed by atoms with Crippen molar-refractivity contribution in [3.63, 3.8) is 0 Å². The van der Waals surface area contributed by atoms with Crippen LogP contribution < -0.4 is 10.2 Å². The highest BCUT2D eigenvalue weighted by atomic mass is 16.5. The molecule has 0 radical (unpaired) electrons. The number of ether oxygens (including phenoxy) is 1. The highest BCUT2D eigenvalue weighted by Crippen LogP contribution is 2.27. The Labute approximate surface area is 131 Å². The minimum atomic E-state index is -0.596. The predicted molar refractivity (Wildman–Crippen MR) is 84.9 cm³/mol. The predicted octanol–water partition coefficient (Wildman–Crippen LogP) is 1.09. The van der Waals surface area contributed by atoms with Gasteiger partial charge >= 0.3 is 0 Å². The molecule has 5 nitrogen and oxygen atoms in total. The van der Waals surface area contributed by atoms with Crippen LogP contribution in [0, 0.1) is 0 Å². The number of fused-ring (bicyclic) bond motifs is 1. The smallest absolute Gasteiger partial charge is 0.222 e. The summed E-state index contributed by atoms with van der Waals surface area (Å²) >= 11 is 0. The second-order valence-electron chi connectivity index (χ2n) is 6.13. The van der Waals surface area contributed by atoms with Crippen LogP contribution in [0.2, 0.25) is 0 Å². The number of rotatable bonds is 5. The van der Waals surface area contributed by atoms with Crippen LogP contribution in [0.3, 0.4) is 0 Å². The lowest BCUT2D eigenvalue weighted by Crippen LogP contribution is -2.44. The number of carbonyl (C=O) groups is 1. The summed E-state index contributed by atoms with van der Waals surface area (Å²) < 4.78 is 5.21. The third-order valence-electron chi connectivity index (χ3n) is 4.80. The second kappa shape index (κ2) is 6.67. The Kier molecular flexibility index (Phi) is 4.64. The van der Waals surface area contributed by atoms with Crippen molar-refractivity contribution in [1.29, 1.82) is 0 Å². The maximum Gasteiger partial charge on any atom is 0.222 e. The number of anilines is 1. The summed E-state index contributed by atoms with van der Waals surface area (Å²) in [6.45, 7) is 1.70. The number of hydrogen-bond acceptors (Lipinski definition) is 4. The number of aliphatic hydroxyl groups is 1. The number of methoxy groups -OCH3 is 1. The number of nitrogens with zero attached hydrogens (tertiary/aromatic N) is 1. The van der Waals surface area contributed by atoms with Gasteiger partial charge in [-0.3, -0.25) is 4.79 Å². The summed E-state index contributed by atoms with van der Waals surface area (Å²) in [6, 6.07) is 8.18. The summed E-state index contributed by atoms with van der Waals surface area (Å²) in [7, 11) is 1.60. The molecule has 1 saturated carbocycles. The van der Waals surface area contributed by atoms with Crippen LogP contribution >= 0.6 is 0 Å². The third kappa shape index (κ3) is 3.10. The van der Waals surface area contributed by atoms with E-state index in [1.165, 1.54) is 11.3 Å². The quantitative estimate of drug-likeness (QED) is 0.855. The first kappa shape index (κ1) is 15.3. The monoisotopic (exact) mass is 304 g/mol. The van der Waals surface area contributed by atoms with Crippen molar-refractivity contribution in [3.8, 4) is 0 Å². The third-order valence-corrected chi connectivity index (χ3v) is 4.80. The van der Waals surface area contributed by atoms with Crippen LogP contribution in [-0.4, -0.2) is 49.5 Å². The van der Waals surface area contributed by atoms with Crippen LogP contribution in [-0.2, 0) is 16.0 Å². The highest BCUT2D eigenvalue weighted by Gasteiger charge is 2.35. The van der Waals surface area contributed by atoms with Gasteiger partial charge in [0.1, 0.15) is 6.10 Å². The molecule has 1 aromatic carbocycles. The molecule has 3 rings (SSSR count). The van der Waals surface area contributed by atoms with Gasteiger partial charge < -0.3 is 20.1 Å². The summed E-state index contributed by atoms with van der Waals surface area (Å²) in [5.74, 6) is 0.00480. The molecule has 0 spiro atoms. The fourth-order valence-corrected chi connectivity index (χ4v) is 3.51. The van der Waals surface area contributed by atoms with Crippen LogP contribution in [0.15, 0.2) is 24.3 Å². The molecule has 1 aliphatic carbocycles. The van der Waals surface area contributed by atoms with Gasteiger partial charge in [-0.25, -0.2) is 0 Å². The number of nitrogens with one attached hydrogen (secondary N) is 1. The van der Waals surface area contributed by atoms with E-state index in [2.05, 4.69) is 28.4 Å². The van der Waals surface area contributed by atoms with E-state index in [1.807, 2.05) is 6.07 Å². The Balaban J connectivity index is 1.48. The first-order valence-electron chi connectivity index (χ1n) is 8.02. The van der Waals surface area contributed by atoms with E-state index in [9.17, 15) is 9.90 Å². The molecule has 3 atom stereocenters. The van der Waals surface area contributed by atoms with Crippen LogP contribution in [0.4, 0.5) is 5.69 Å². The van der Waals surface area contributed by atoms with Crippen molar-refractivity contribution < 1.29 is 14.6 Å². The Hall–Kier alpha value is -1.59. The van der Waals surface area contributed by atoms with Gasteiger partial charge in [-0.15, -0.1) is 0 Å². The van der Waals surface area contributed by atoms with Gasteiger partial charge in [-0.05, 0) is 30.9 Å². The average Bonchev–Trinajstić information content (AvgIpc) is 3.10. The summed E-state index contributed by atoms with van der Waals surface area (Å²) in [6.07, 6.45) is 2.32. The number of amides is 1. The molecule has 1 fully saturated rings. The minimum absolute atomic E-state index is 0.00480. The Morgan fingerprint density at radius 1 is 1.41 bits per heavy atom. The zero-order valence-electron chi connectivity index (χ0n) is 13.0. The molecule has 120 valence electrons. The van der Waals surface area contributed by atoms with Crippen LogP contribution in [0.1, 0.15) is 24.8 Å². The van der Waals surface area contributed by atoms with E-state index in [-0.39, 0.29) is 18.1 Å². The van der Waals surface area contributed by atoms with Crippen LogP contribution in [0.5, 0.6) is 0 Å². The van der Waals surface area contributed by atoms with Gasteiger partial charge in [0.05, 0.1) is 12.1 Å². The maximum absolute atomic E-state index is 12.1. The zero-order chi connectivity index (χ0) is 15.5. The molecular formula is C17H24N2O3. The van der Waals surface area contributed by atoms with Crippen molar-refractivity contribution in [2.24, 2.45) is 0 Å². The van der Waals surface area contributed by atoms with E-state index in [1.54, 1.807) is 7.11 Å². The lowest BCUT2D eigenvalue weighted by molar-refractivity contribution is -0.122. The molecule has 2 aliphatic rings. The molecule has 0 bridgehead atoms. The molecule has 0 aromatic heterocycles. The van der Waals surface area contributed by atoms with Gasteiger partial charge in [0.15, 0.2) is 0 Å². The molecule has 1 aromatic rings. The van der Waals surface area contributed by atoms with E-state index in [4.69, 9.17) is 4.74 Å². The van der Waals surface area contributed by atoms with Crippen molar-refractivity contribution in [1.82, 2.24) is 5.32 Å². The lowest BCUT2D eigenvalue weighted by atomic mass is 10.2. The standard InChI is InChI=1S/C17H24N2O3/c1-22-15-7-6-13(17(15)21)18-16(20)9-11-19-10-8-12-4-2-3-5-14(12)19/h2-5,13,15,17,21H,6-11H2,1H3,(H,18,20)/t13-,15-,17-/m1/s1. The van der Waals surface area contributed by atoms with E-state index in [0.29, 0.717) is 6.42 Å². The van der Waals surface area contributed by atoms with Crippen molar-refractivity contribution in [3.05, 3.63) is 29.8 Å². The van der Waals surface area contributed by atoms with E-state index in [0.717, 1.165) is 32.4 Å². The van der Waals surface area contributed by atoms with Crippen molar-refractivity contribution in [2.45, 2.75) is 43.9 Å². The molecule has 22 heavy (non-hydrogen) atoms. The SMILES string of the molecule is CO[C@@H]1CC[C@@H](NC(=O)CCN2CCc3ccccc32)[C@H]1O. The average molecular weight is 304 g/mol. The van der Waals surface area contributed by atoms with E-state index >= 15 is 0 Å². The zero-order valence-corrected chi connectivity index (χ0v) is 13.0. The maximum atomic E-state index is 12.1. The Morgan fingerprint density at radius 2 is 2.23 bits per heavy atom. The van der Waals surface area contributed by atoms with Crippen LogP contribution in [0.25, 0.3) is 0 Å². The first-order chi connectivity index (χ1) is 10.7. The molecule has 1 aliphatic heterocycles. The van der Waals surface area contributed by atoms with Gasteiger partial charge in [-0.2, -0.15) is 0 Å². The first-order valence-corrected chi connectivity index (χ1v) is 8.02. The number of hydrogen-bond donors (Lipinski definition) is 2. The second-order valence-corrected chi connectivity index (χ2v) is 6.13. The molecule has 2 N–H and O–H groups in total. The number of benzene rings is 1. The molecule has 0 unspecified atom stereocenters. The number of para-hydroxylation sites is 1. The highest BCUT2D eigenvalue weighted by molar-refractivity contribution is 5.77. The normalized spacial score (nSPS) is 27.0. The summed E-state index contributed by atoms with van der Waals surface area (Å²) in [5, 5.41) is 13.0. The van der Waals surface area contributed by atoms with Gasteiger partial charge in [0.2, 0.25) is 5.91 Å². The Morgan fingerprint density at radius 3 is 3.00 bits per heavy atom. The molecular weight excluding hydrogens is 280 g/mol. The van der Waals surface area contributed by atoms with Gasteiger partial charge in [-0.1, -0.05) is 18.2 Å². The number of carbonyl (C=O) groups excluding carboxylic acids is 1. The summed E-state index contributed by atoms with van der Waals surface area (Å²) in [5.41, 5.74) is 2.60. The topological polar surface area (TPSA) is 61.8 Å². The van der Waals surface area contributed by atoms with Crippen molar-refractivity contribution in [2.75, 3.05) is 25.1 Å². The van der Waals surface area contributed by atoms with Crippen molar-refractivity contribution >= 4 is 11.6 Å². The lowest BCUT2D eigenvalue weighted by Gasteiger charge is -2.22. The van der Waals surface area contributed by atoms with E-state index < -0.39 is 6.10 Å².